The van der Waals surface area contributed by atoms with Crippen LogP contribution in [0.4, 0.5) is 0 Å². The van der Waals surface area contributed by atoms with E-state index in [2.05, 4.69) is 0 Å². The number of rotatable bonds is 2. The van der Waals surface area contributed by atoms with E-state index >= 15 is 0 Å². The van der Waals surface area contributed by atoms with Gasteiger partial charge < -0.3 is 9.80 Å². The Labute approximate surface area is 148 Å². The summed E-state index contributed by atoms with van der Waals surface area (Å²) in [4.78, 5) is 29.4. The topological polar surface area (TPSA) is 40.6 Å². The van der Waals surface area contributed by atoms with Crippen molar-refractivity contribution < 1.29 is 9.59 Å². The molecule has 3 aliphatic rings. The maximum absolute atomic E-state index is 13.3. The van der Waals surface area contributed by atoms with Gasteiger partial charge in [0.25, 0.3) is 5.91 Å². The van der Waals surface area contributed by atoms with Crippen LogP contribution in [0.1, 0.15) is 23.2 Å². The van der Waals surface area contributed by atoms with Gasteiger partial charge in [0.15, 0.2) is 0 Å². The van der Waals surface area contributed by atoms with Crippen LogP contribution in [0, 0.1) is 5.92 Å². The van der Waals surface area contributed by atoms with E-state index in [1.807, 2.05) is 71.4 Å². The highest BCUT2D eigenvalue weighted by Gasteiger charge is 2.40. The van der Waals surface area contributed by atoms with Crippen LogP contribution in [0.3, 0.4) is 0 Å². The third kappa shape index (κ3) is 2.82. The van der Waals surface area contributed by atoms with E-state index < -0.39 is 0 Å². The third-order valence-electron chi connectivity index (χ3n) is 5.49. The molecule has 3 heterocycles. The Hall–Kier alpha value is -2.62. The molecule has 2 amide bonds. The van der Waals surface area contributed by atoms with Crippen LogP contribution in [0.5, 0.6) is 0 Å². The SMILES string of the molecule is CN1C(=O)[C@H]2CC[C@@H]1CN(C(=O)c1ccccc1-c1ccccc1)C2. The standard InChI is InChI=1S/C21H22N2O2/c1-22-17-12-11-16(20(22)24)13-23(14-17)21(25)19-10-6-5-9-18(19)15-7-3-2-4-8-15/h2-10,16-17H,11-14H2,1H3/t16-,17+/m0/s1. The lowest BCUT2D eigenvalue weighted by molar-refractivity contribution is -0.138. The van der Waals surface area contributed by atoms with E-state index in [1.54, 1.807) is 0 Å². The summed E-state index contributed by atoms with van der Waals surface area (Å²) < 4.78 is 0. The normalized spacial score (nSPS) is 22.8. The molecule has 0 saturated carbocycles. The lowest BCUT2D eigenvalue weighted by atomic mass is 9.95. The summed E-state index contributed by atoms with van der Waals surface area (Å²) in [7, 11) is 1.87. The van der Waals surface area contributed by atoms with E-state index in [1.165, 1.54) is 0 Å². The summed E-state index contributed by atoms with van der Waals surface area (Å²) in [5.74, 6) is 0.152. The minimum atomic E-state index is -0.0587. The molecular weight excluding hydrogens is 312 g/mol. The summed E-state index contributed by atoms with van der Waals surface area (Å²) >= 11 is 0. The molecule has 0 aliphatic carbocycles. The molecule has 0 spiro atoms. The molecule has 0 aromatic heterocycles. The lowest BCUT2D eigenvalue weighted by Gasteiger charge is -2.32. The van der Waals surface area contributed by atoms with E-state index in [0.717, 1.165) is 24.0 Å². The first-order chi connectivity index (χ1) is 12.1. The number of piperidine rings is 1. The zero-order valence-electron chi connectivity index (χ0n) is 14.4. The first-order valence-electron chi connectivity index (χ1n) is 8.85. The number of amides is 2. The van der Waals surface area contributed by atoms with Gasteiger partial charge in [0.2, 0.25) is 5.91 Å². The number of hydrogen-bond acceptors (Lipinski definition) is 2. The van der Waals surface area contributed by atoms with Crippen molar-refractivity contribution in [2.45, 2.75) is 18.9 Å². The Balaban J connectivity index is 1.67. The molecule has 2 bridgehead atoms. The van der Waals surface area contributed by atoms with Gasteiger partial charge in [-0.15, -0.1) is 0 Å². The van der Waals surface area contributed by atoms with Gasteiger partial charge in [-0.1, -0.05) is 48.5 Å². The zero-order valence-corrected chi connectivity index (χ0v) is 14.4. The fourth-order valence-electron chi connectivity index (χ4n) is 4.03. The molecule has 2 atom stereocenters. The van der Waals surface area contributed by atoms with Crippen molar-refractivity contribution in [1.29, 1.82) is 0 Å². The van der Waals surface area contributed by atoms with Gasteiger partial charge in [-0.3, -0.25) is 9.59 Å². The average molecular weight is 334 g/mol. The monoisotopic (exact) mass is 334 g/mol. The Morgan fingerprint density at radius 3 is 2.48 bits per heavy atom. The van der Waals surface area contributed by atoms with Crippen LogP contribution in [0.2, 0.25) is 0 Å². The molecule has 0 unspecified atom stereocenters. The van der Waals surface area contributed by atoms with Gasteiger partial charge in [-0.25, -0.2) is 0 Å². The van der Waals surface area contributed by atoms with Crippen LogP contribution >= 0.6 is 0 Å². The predicted octanol–water partition coefficient (Wildman–Crippen LogP) is 3.05. The van der Waals surface area contributed by atoms with E-state index in [4.69, 9.17) is 0 Å². The number of nitrogens with zero attached hydrogens (tertiary/aromatic N) is 2. The number of fused-ring (bicyclic) bond motifs is 4. The number of hydrogen-bond donors (Lipinski definition) is 0. The predicted molar refractivity (Wildman–Crippen MR) is 97.1 cm³/mol. The maximum atomic E-state index is 13.3. The minimum absolute atomic E-state index is 0.0273. The van der Waals surface area contributed by atoms with Crippen LogP contribution in [-0.4, -0.2) is 47.8 Å². The molecule has 2 aromatic carbocycles. The molecular formula is C21H22N2O2. The van der Waals surface area contributed by atoms with E-state index in [-0.39, 0.29) is 23.8 Å². The third-order valence-corrected chi connectivity index (χ3v) is 5.49. The van der Waals surface area contributed by atoms with Gasteiger partial charge >= 0.3 is 0 Å². The van der Waals surface area contributed by atoms with Gasteiger partial charge in [0, 0.05) is 31.7 Å². The zero-order chi connectivity index (χ0) is 17.4. The second kappa shape index (κ2) is 6.36. The molecule has 25 heavy (non-hydrogen) atoms. The second-order valence-electron chi connectivity index (χ2n) is 7.00. The van der Waals surface area contributed by atoms with Crippen LogP contribution in [0.15, 0.2) is 54.6 Å². The number of carbonyl (C=O) groups is 2. The largest absolute Gasteiger partial charge is 0.341 e. The van der Waals surface area contributed by atoms with Crippen molar-refractivity contribution in [3.63, 3.8) is 0 Å². The molecule has 3 aliphatic heterocycles. The highest BCUT2D eigenvalue weighted by Crippen LogP contribution is 2.30. The Kier molecular flexibility index (Phi) is 4.04. The van der Waals surface area contributed by atoms with Gasteiger partial charge in [-0.2, -0.15) is 0 Å². The number of carbonyl (C=O) groups excluding carboxylic acids is 2. The van der Waals surface area contributed by atoms with Gasteiger partial charge in [0.05, 0.1) is 5.92 Å². The summed E-state index contributed by atoms with van der Waals surface area (Å²) in [6.45, 7) is 1.16. The molecule has 3 saturated heterocycles. The van der Waals surface area contributed by atoms with Crippen molar-refractivity contribution in [2.75, 3.05) is 20.1 Å². The van der Waals surface area contributed by atoms with Crippen molar-refractivity contribution in [2.24, 2.45) is 5.92 Å². The van der Waals surface area contributed by atoms with Crippen molar-refractivity contribution in [1.82, 2.24) is 9.80 Å². The average Bonchev–Trinajstić information content (AvgIpc) is 2.95. The molecule has 128 valence electrons. The van der Waals surface area contributed by atoms with Crippen molar-refractivity contribution in [3.8, 4) is 11.1 Å². The highest BCUT2D eigenvalue weighted by atomic mass is 16.2. The quantitative estimate of drug-likeness (QED) is 0.847. The number of likely N-dealkylation sites (N-methyl/N-ethyl adjacent to an activating group) is 1. The van der Waals surface area contributed by atoms with Crippen LogP contribution in [-0.2, 0) is 4.79 Å². The van der Waals surface area contributed by atoms with E-state index in [9.17, 15) is 9.59 Å². The second-order valence-corrected chi connectivity index (χ2v) is 7.00. The first kappa shape index (κ1) is 15.9. The van der Waals surface area contributed by atoms with E-state index in [0.29, 0.717) is 18.7 Å². The van der Waals surface area contributed by atoms with Crippen molar-refractivity contribution >= 4 is 11.8 Å². The van der Waals surface area contributed by atoms with Gasteiger partial charge in [-0.05, 0) is 30.0 Å². The fourth-order valence-corrected chi connectivity index (χ4v) is 4.03. The molecule has 0 N–H and O–H groups in total. The molecule has 0 radical (unpaired) electrons. The summed E-state index contributed by atoms with van der Waals surface area (Å²) in [6.07, 6.45) is 1.87. The van der Waals surface area contributed by atoms with Crippen LogP contribution < -0.4 is 0 Å². The summed E-state index contributed by atoms with van der Waals surface area (Å²) in [6, 6.07) is 17.9. The Morgan fingerprint density at radius 1 is 0.960 bits per heavy atom. The smallest absolute Gasteiger partial charge is 0.254 e. The summed E-state index contributed by atoms with van der Waals surface area (Å²) in [5.41, 5.74) is 2.70. The minimum Gasteiger partial charge on any atom is -0.341 e. The molecule has 2 aromatic rings. The maximum Gasteiger partial charge on any atom is 0.254 e. The first-order valence-corrected chi connectivity index (χ1v) is 8.85. The number of benzene rings is 2. The lowest BCUT2D eigenvalue weighted by Crippen LogP contribution is -2.45. The summed E-state index contributed by atoms with van der Waals surface area (Å²) in [5, 5.41) is 0. The molecule has 4 heteroatoms. The molecule has 4 nitrogen and oxygen atoms in total. The van der Waals surface area contributed by atoms with Gasteiger partial charge in [0.1, 0.15) is 0 Å². The molecule has 3 fully saturated rings. The fraction of sp³-hybridized carbons (Fsp3) is 0.333. The van der Waals surface area contributed by atoms with Crippen LogP contribution in [0.25, 0.3) is 11.1 Å². The van der Waals surface area contributed by atoms with Crippen molar-refractivity contribution in [3.05, 3.63) is 60.2 Å². The Morgan fingerprint density at radius 2 is 1.68 bits per heavy atom. The highest BCUT2D eigenvalue weighted by molar-refractivity contribution is 6.01. The Bertz CT molecular complexity index is 803. The molecule has 5 rings (SSSR count).